The first-order valence-corrected chi connectivity index (χ1v) is 7.65. The summed E-state index contributed by atoms with van der Waals surface area (Å²) in [6.45, 7) is 7.98. The predicted octanol–water partition coefficient (Wildman–Crippen LogP) is 2.74. The van der Waals surface area contributed by atoms with E-state index in [1.807, 2.05) is 4.90 Å². The van der Waals surface area contributed by atoms with E-state index in [0.717, 1.165) is 25.9 Å². The molecule has 112 valence electrons. The molecule has 0 bridgehead atoms. The van der Waals surface area contributed by atoms with E-state index in [2.05, 4.69) is 24.0 Å². The van der Waals surface area contributed by atoms with Gasteiger partial charge in [0.05, 0.1) is 0 Å². The van der Waals surface area contributed by atoms with Crippen LogP contribution >= 0.6 is 0 Å². The molecule has 0 aromatic carbocycles. The molecule has 0 saturated carbocycles. The number of rotatable bonds is 4. The average molecular weight is 279 g/mol. The predicted molar refractivity (Wildman–Crippen MR) is 76.2 cm³/mol. The van der Waals surface area contributed by atoms with Gasteiger partial charge in [-0.15, -0.1) is 10.2 Å². The first-order valence-electron chi connectivity index (χ1n) is 7.65. The van der Waals surface area contributed by atoms with Crippen molar-refractivity contribution in [1.29, 1.82) is 0 Å². The van der Waals surface area contributed by atoms with Crippen molar-refractivity contribution in [3.8, 4) is 0 Å². The fourth-order valence-corrected chi connectivity index (χ4v) is 3.11. The van der Waals surface area contributed by atoms with Crippen LogP contribution in [0.5, 0.6) is 0 Å². The normalized spacial score (nSPS) is 18.9. The molecule has 0 aliphatic carbocycles. The maximum atomic E-state index is 12.3. The molecule has 0 spiro atoms. The molecule has 0 N–H and O–H groups in total. The molecule has 2 rings (SSSR count). The summed E-state index contributed by atoms with van der Waals surface area (Å²) in [7, 11) is 0. The quantitative estimate of drug-likeness (QED) is 0.850. The lowest BCUT2D eigenvalue weighted by Crippen LogP contribution is -2.34. The van der Waals surface area contributed by atoms with Gasteiger partial charge in [-0.1, -0.05) is 26.7 Å². The summed E-state index contributed by atoms with van der Waals surface area (Å²) in [6, 6.07) is 0. The molecule has 1 aromatic rings. The molecule has 2 heterocycles. The summed E-state index contributed by atoms with van der Waals surface area (Å²) in [6.07, 6.45) is 6.06. The fourth-order valence-electron chi connectivity index (χ4n) is 3.11. The first kappa shape index (κ1) is 15.0. The van der Waals surface area contributed by atoms with Crippen LogP contribution in [0.25, 0.3) is 0 Å². The molecule has 0 unspecified atom stereocenters. The van der Waals surface area contributed by atoms with Crippen molar-refractivity contribution < 1.29 is 9.21 Å². The molecular formula is C15H25N3O2. The topological polar surface area (TPSA) is 59.2 Å². The van der Waals surface area contributed by atoms with Crippen molar-refractivity contribution in [3.63, 3.8) is 0 Å². The van der Waals surface area contributed by atoms with Crippen LogP contribution in [0.2, 0.25) is 0 Å². The Morgan fingerprint density at radius 2 is 2.00 bits per heavy atom. The van der Waals surface area contributed by atoms with Gasteiger partial charge < -0.3 is 9.32 Å². The maximum absolute atomic E-state index is 12.3. The van der Waals surface area contributed by atoms with Crippen molar-refractivity contribution >= 4 is 5.91 Å². The van der Waals surface area contributed by atoms with Gasteiger partial charge in [0.2, 0.25) is 17.7 Å². The highest BCUT2D eigenvalue weighted by Gasteiger charge is 2.30. The van der Waals surface area contributed by atoms with E-state index in [1.54, 1.807) is 6.92 Å². The van der Waals surface area contributed by atoms with Crippen molar-refractivity contribution in [2.75, 3.05) is 13.1 Å². The van der Waals surface area contributed by atoms with Gasteiger partial charge in [-0.25, -0.2) is 0 Å². The molecule has 1 saturated heterocycles. The van der Waals surface area contributed by atoms with Crippen LogP contribution in [0.15, 0.2) is 4.42 Å². The molecule has 1 aliphatic heterocycles. The summed E-state index contributed by atoms with van der Waals surface area (Å²) < 4.78 is 5.29. The summed E-state index contributed by atoms with van der Waals surface area (Å²) in [4.78, 5) is 14.3. The summed E-state index contributed by atoms with van der Waals surface area (Å²) in [5.41, 5.74) is 0.427. The average Bonchev–Trinajstić information content (AvgIpc) is 2.74. The van der Waals surface area contributed by atoms with E-state index < -0.39 is 0 Å². The summed E-state index contributed by atoms with van der Waals surface area (Å²) in [5, 5.41) is 7.67. The molecule has 5 heteroatoms. The third-order valence-electron chi connectivity index (χ3n) is 4.77. The number of hydrogen-bond donors (Lipinski definition) is 0. The minimum absolute atomic E-state index is 0.108. The van der Waals surface area contributed by atoms with Crippen LogP contribution in [0.4, 0.5) is 0 Å². The summed E-state index contributed by atoms with van der Waals surface area (Å²) in [5.74, 6) is 1.05. The zero-order valence-electron chi connectivity index (χ0n) is 12.8. The zero-order valence-corrected chi connectivity index (χ0v) is 12.8. The van der Waals surface area contributed by atoms with Crippen LogP contribution in [0, 0.1) is 12.3 Å². The maximum Gasteiger partial charge on any atom is 0.231 e. The lowest BCUT2D eigenvalue weighted by Gasteiger charge is -2.30. The number of aromatic nitrogens is 2. The lowest BCUT2D eigenvalue weighted by molar-refractivity contribution is -0.130. The second kappa shape index (κ2) is 6.37. The number of nitrogens with zero attached hydrogens (tertiary/aromatic N) is 3. The second-order valence-electron chi connectivity index (χ2n) is 5.83. The largest absolute Gasteiger partial charge is 0.425 e. The minimum atomic E-state index is 0.108. The summed E-state index contributed by atoms with van der Waals surface area (Å²) >= 11 is 0. The Morgan fingerprint density at radius 3 is 2.60 bits per heavy atom. The third kappa shape index (κ3) is 3.38. The van der Waals surface area contributed by atoms with Gasteiger partial charge in [0.25, 0.3) is 0 Å². The molecular weight excluding hydrogens is 254 g/mol. The molecule has 1 fully saturated rings. The van der Waals surface area contributed by atoms with Crippen LogP contribution < -0.4 is 0 Å². The highest BCUT2D eigenvalue weighted by atomic mass is 16.4. The Labute approximate surface area is 120 Å². The van der Waals surface area contributed by atoms with E-state index in [4.69, 9.17) is 4.42 Å². The van der Waals surface area contributed by atoms with Crippen LogP contribution in [0.1, 0.15) is 57.7 Å². The first-order chi connectivity index (χ1) is 9.58. The van der Waals surface area contributed by atoms with E-state index >= 15 is 0 Å². The van der Waals surface area contributed by atoms with Gasteiger partial charge >= 0.3 is 0 Å². The highest BCUT2D eigenvalue weighted by Crippen LogP contribution is 2.37. The SMILES string of the molecule is CCC1(CC)CCCN(C(=O)Cc2nnc(C)o2)CC1. The van der Waals surface area contributed by atoms with Gasteiger partial charge in [-0.05, 0) is 24.7 Å². The van der Waals surface area contributed by atoms with Gasteiger partial charge in [-0.2, -0.15) is 0 Å². The highest BCUT2D eigenvalue weighted by molar-refractivity contribution is 5.77. The van der Waals surface area contributed by atoms with Crippen LogP contribution in [0.3, 0.4) is 0 Å². The lowest BCUT2D eigenvalue weighted by atomic mass is 9.76. The standard InChI is InChI=1S/C15H25N3O2/c1-4-15(5-2)7-6-9-18(10-8-15)14(19)11-13-17-16-12(3)20-13/h4-11H2,1-3H3. The number of amides is 1. The Hall–Kier alpha value is -1.39. The molecule has 1 amide bonds. The van der Waals surface area contributed by atoms with Crippen molar-refractivity contribution in [3.05, 3.63) is 11.8 Å². The Bertz CT molecular complexity index is 452. The zero-order chi connectivity index (χ0) is 14.6. The van der Waals surface area contributed by atoms with Gasteiger partial charge in [0.15, 0.2) is 0 Å². The third-order valence-corrected chi connectivity index (χ3v) is 4.77. The van der Waals surface area contributed by atoms with Gasteiger partial charge in [0.1, 0.15) is 6.42 Å². The molecule has 5 nitrogen and oxygen atoms in total. The number of likely N-dealkylation sites (tertiary alicyclic amines) is 1. The van der Waals surface area contributed by atoms with E-state index in [1.165, 1.54) is 19.3 Å². The fraction of sp³-hybridized carbons (Fsp3) is 0.800. The van der Waals surface area contributed by atoms with Gasteiger partial charge in [-0.3, -0.25) is 4.79 Å². The Balaban J connectivity index is 1.94. The monoisotopic (exact) mass is 279 g/mol. The molecule has 1 aliphatic rings. The van der Waals surface area contributed by atoms with E-state index in [-0.39, 0.29) is 12.3 Å². The number of carbonyl (C=O) groups excluding carboxylic acids is 1. The van der Waals surface area contributed by atoms with Crippen LogP contribution in [-0.2, 0) is 11.2 Å². The molecule has 0 atom stereocenters. The minimum Gasteiger partial charge on any atom is -0.425 e. The molecule has 0 radical (unpaired) electrons. The van der Waals surface area contributed by atoms with Crippen molar-refractivity contribution in [2.24, 2.45) is 5.41 Å². The van der Waals surface area contributed by atoms with Crippen LogP contribution in [-0.4, -0.2) is 34.1 Å². The number of hydrogen-bond acceptors (Lipinski definition) is 4. The number of carbonyl (C=O) groups is 1. The van der Waals surface area contributed by atoms with E-state index in [0.29, 0.717) is 17.2 Å². The van der Waals surface area contributed by atoms with Crippen molar-refractivity contribution in [2.45, 2.75) is 59.3 Å². The Morgan fingerprint density at radius 1 is 1.25 bits per heavy atom. The molecule has 1 aromatic heterocycles. The van der Waals surface area contributed by atoms with Crippen molar-refractivity contribution in [1.82, 2.24) is 15.1 Å². The Kier molecular flexibility index (Phi) is 4.78. The van der Waals surface area contributed by atoms with E-state index in [9.17, 15) is 4.79 Å². The second-order valence-corrected chi connectivity index (χ2v) is 5.83. The smallest absolute Gasteiger partial charge is 0.231 e. The molecule has 20 heavy (non-hydrogen) atoms. The number of aryl methyl sites for hydroxylation is 1. The van der Waals surface area contributed by atoms with Gasteiger partial charge in [0, 0.05) is 20.0 Å².